The summed E-state index contributed by atoms with van der Waals surface area (Å²) in [5.74, 6) is -0.550. The van der Waals surface area contributed by atoms with E-state index in [1.165, 1.54) is 0 Å². The predicted octanol–water partition coefficient (Wildman–Crippen LogP) is 4.49. The molecule has 4 rings (SSSR count). The standard InChI is InChI=1S/C22H20BrNO3/c1-2-27-22(26)17-13-20(21(25)15-7-10-16(23)11-8-15)24-18-6-4-3-5-14(18)9-12-19(17)24/h3-12,17,19-20H,2,13H2,1H3. The maximum absolute atomic E-state index is 13.3. The van der Waals surface area contributed by atoms with Gasteiger partial charge in [0.1, 0.15) is 0 Å². The fourth-order valence-corrected chi connectivity index (χ4v) is 4.31. The topological polar surface area (TPSA) is 46.6 Å². The molecule has 3 unspecified atom stereocenters. The van der Waals surface area contributed by atoms with Gasteiger partial charge in [0.05, 0.1) is 24.6 Å². The van der Waals surface area contributed by atoms with E-state index >= 15 is 0 Å². The number of nitrogens with zero attached hydrogens (tertiary/aromatic N) is 1. The van der Waals surface area contributed by atoms with E-state index in [4.69, 9.17) is 4.74 Å². The van der Waals surface area contributed by atoms with Gasteiger partial charge in [-0.05, 0) is 37.1 Å². The Morgan fingerprint density at radius 1 is 1.15 bits per heavy atom. The minimum absolute atomic E-state index is 0.0319. The van der Waals surface area contributed by atoms with Crippen LogP contribution in [-0.2, 0) is 9.53 Å². The van der Waals surface area contributed by atoms with Crippen LogP contribution in [0.5, 0.6) is 0 Å². The molecule has 1 fully saturated rings. The molecule has 2 aromatic rings. The molecule has 2 heterocycles. The monoisotopic (exact) mass is 425 g/mol. The van der Waals surface area contributed by atoms with Gasteiger partial charge in [-0.1, -0.05) is 58.4 Å². The van der Waals surface area contributed by atoms with Crippen LogP contribution >= 0.6 is 15.9 Å². The molecule has 0 amide bonds. The van der Waals surface area contributed by atoms with Crippen LogP contribution in [0, 0.1) is 5.92 Å². The molecule has 0 spiro atoms. The van der Waals surface area contributed by atoms with Crippen molar-refractivity contribution < 1.29 is 14.3 Å². The van der Waals surface area contributed by atoms with Crippen molar-refractivity contribution >= 4 is 39.4 Å². The summed E-state index contributed by atoms with van der Waals surface area (Å²) in [5, 5.41) is 0. The predicted molar refractivity (Wildman–Crippen MR) is 109 cm³/mol. The van der Waals surface area contributed by atoms with Gasteiger partial charge in [0.15, 0.2) is 5.78 Å². The summed E-state index contributed by atoms with van der Waals surface area (Å²) in [6, 6.07) is 14.8. The summed E-state index contributed by atoms with van der Waals surface area (Å²) < 4.78 is 6.22. The van der Waals surface area contributed by atoms with Gasteiger partial charge in [0.25, 0.3) is 0 Å². The number of carbonyl (C=O) groups excluding carboxylic acids is 2. The second-order valence-corrected chi connectivity index (χ2v) is 7.71. The van der Waals surface area contributed by atoms with Crippen LogP contribution in [0.3, 0.4) is 0 Å². The smallest absolute Gasteiger partial charge is 0.311 e. The quantitative estimate of drug-likeness (QED) is 0.534. The molecule has 1 saturated heterocycles. The first-order valence-electron chi connectivity index (χ1n) is 9.12. The number of Topliss-reactive ketones (excluding diaryl/α,β-unsaturated/α-hetero) is 1. The van der Waals surface area contributed by atoms with Crippen molar-refractivity contribution in [3.05, 3.63) is 70.2 Å². The Balaban J connectivity index is 1.74. The molecule has 0 N–H and O–H groups in total. The van der Waals surface area contributed by atoms with Crippen LogP contribution in [0.15, 0.2) is 59.1 Å². The van der Waals surface area contributed by atoms with Crippen LogP contribution in [0.4, 0.5) is 5.69 Å². The van der Waals surface area contributed by atoms with Gasteiger partial charge in [-0.15, -0.1) is 0 Å². The minimum atomic E-state index is -0.392. The molecule has 0 bridgehead atoms. The molecule has 4 nitrogen and oxygen atoms in total. The van der Waals surface area contributed by atoms with Crippen molar-refractivity contribution in [2.24, 2.45) is 5.92 Å². The third-order valence-electron chi connectivity index (χ3n) is 5.26. The Labute approximate surface area is 167 Å². The number of esters is 1. The summed E-state index contributed by atoms with van der Waals surface area (Å²) in [5.41, 5.74) is 2.71. The minimum Gasteiger partial charge on any atom is -0.466 e. The fourth-order valence-electron chi connectivity index (χ4n) is 4.04. The number of rotatable bonds is 4. The summed E-state index contributed by atoms with van der Waals surface area (Å²) in [7, 11) is 0. The Morgan fingerprint density at radius 3 is 2.63 bits per heavy atom. The van der Waals surface area contributed by atoms with E-state index in [0.717, 1.165) is 15.7 Å². The van der Waals surface area contributed by atoms with E-state index in [0.29, 0.717) is 18.6 Å². The highest BCUT2D eigenvalue weighted by atomic mass is 79.9. The molecule has 0 saturated carbocycles. The van der Waals surface area contributed by atoms with E-state index in [9.17, 15) is 9.59 Å². The van der Waals surface area contributed by atoms with Crippen molar-refractivity contribution in [1.29, 1.82) is 0 Å². The highest BCUT2D eigenvalue weighted by molar-refractivity contribution is 9.10. The number of fused-ring (bicyclic) bond motifs is 3. The first-order chi connectivity index (χ1) is 13.1. The van der Waals surface area contributed by atoms with Gasteiger partial charge in [-0.3, -0.25) is 9.59 Å². The zero-order valence-electron chi connectivity index (χ0n) is 15.0. The number of ketones is 1. The first kappa shape index (κ1) is 18.0. The number of carbonyl (C=O) groups is 2. The summed E-state index contributed by atoms with van der Waals surface area (Å²) in [4.78, 5) is 28.0. The molecule has 0 radical (unpaired) electrons. The lowest BCUT2D eigenvalue weighted by atomic mass is 9.95. The maximum atomic E-state index is 13.3. The van der Waals surface area contributed by atoms with Gasteiger partial charge in [-0.25, -0.2) is 0 Å². The van der Waals surface area contributed by atoms with Gasteiger partial charge in [0.2, 0.25) is 0 Å². The van der Waals surface area contributed by atoms with Crippen molar-refractivity contribution in [2.75, 3.05) is 11.5 Å². The maximum Gasteiger partial charge on any atom is 0.311 e. The van der Waals surface area contributed by atoms with Gasteiger partial charge in [0, 0.05) is 15.7 Å². The van der Waals surface area contributed by atoms with Crippen LogP contribution in [0.25, 0.3) is 6.08 Å². The molecule has 0 aliphatic carbocycles. The molecule has 0 aromatic heterocycles. The molecule has 3 atom stereocenters. The van der Waals surface area contributed by atoms with Crippen molar-refractivity contribution in [3.63, 3.8) is 0 Å². The molecule has 2 aliphatic rings. The molecular weight excluding hydrogens is 406 g/mol. The highest BCUT2D eigenvalue weighted by Gasteiger charge is 2.48. The lowest BCUT2D eigenvalue weighted by Crippen LogP contribution is -2.43. The van der Waals surface area contributed by atoms with E-state index < -0.39 is 6.04 Å². The summed E-state index contributed by atoms with van der Waals surface area (Å²) >= 11 is 3.41. The number of para-hydroxylation sites is 1. The Hall–Kier alpha value is -2.40. The van der Waals surface area contributed by atoms with Crippen molar-refractivity contribution in [2.45, 2.75) is 25.4 Å². The Kier molecular flexibility index (Phi) is 4.87. The SMILES string of the molecule is CCOC(=O)C1CC(C(=O)c2ccc(Br)cc2)N2c3ccccc3C=CC12. The number of anilines is 1. The van der Waals surface area contributed by atoms with Crippen molar-refractivity contribution in [1.82, 2.24) is 0 Å². The van der Waals surface area contributed by atoms with Crippen molar-refractivity contribution in [3.8, 4) is 0 Å². The largest absolute Gasteiger partial charge is 0.466 e. The number of ether oxygens (including phenoxy) is 1. The number of halogens is 1. The number of hydrogen-bond acceptors (Lipinski definition) is 4. The van der Waals surface area contributed by atoms with E-state index in [1.807, 2.05) is 60.7 Å². The van der Waals surface area contributed by atoms with Gasteiger partial charge in [-0.2, -0.15) is 0 Å². The normalized spacial score (nSPS) is 22.9. The molecule has 138 valence electrons. The van der Waals surface area contributed by atoms with Crippen LogP contribution < -0.4 is 4.90 Å². The number of hydrogen-bond donors (Lipinski definition) is 0. The second-order valence-electron chi connectivity index (χ2n) is 6.80. The van der Waals surface area contributed by atoms with Crippen LogP contribution in [0.2, 0.25) is 0 Å². The summed E-state index contributed by atoms with van der Waals surface area (Å²) in [6.45, 7) is 2.15. The van der Waals surface area contributed by atoms with E-state index in [2.05, 4.69) is 20.8 Å². The average Bonchev–Trinajstić information content (AvgIpc) is 3.08. The fraction of sp³-hybridized carbons (Fsp3) is 0.273. The first-order valence-corrected chi connectivity index (χ1v) is 9.91. The summed E-state index contributed by atoms with van der Waals surface area (Å²) in [6.07, 6.45) is 4.52. The molecule has 2 aromatic carbocycles. The third-order valence-corrected chi connectivity index (χ3v) is 5.78. The van der Waals surface area contributed by atoms with Crippen LogP contribution in [-0.4, -0.2) is 30.4 Å². The molecular formula is C22H20BrNO3. The lowest BCUT2D eigenvalue weighted by Gasteiger charge is -2.35. The van der Waals surface area contributed by atoms with Gasteiger partial charge >= 0.3 is 5.97 Å². The highest BCUT2D eigenvalue weighted by Crippen LogP contribution is 2.42. The number of benzene rings is 2. The molecule has 5 heteroatoms. The average molecular weight is 426 g/mol. The Morgan fingerprint density at radius 2 is 1.89 bits per heavy atom. The third kappa shape index (κ3) is 3.21. The van der Waals surface area contributed by atoms with Gasteiger partial charge < -0.3 is 9.64 Å². The van der Waals surface area contributed by atoms with E-state index in [-0.39, 0.29) is 23.7 Å². The van der Waals surface area contributed by atoms with E-state index in [1.54, 1.807) is 6.92 Å². The Bertz CT molecular complexity index is 906. The zero-order chi connectivity index (χ0) is 19.0. The molecule has 27 heavy (non-hydrogen) atoms. The zero-order valence-corrected chi connectivity index (χ0v) is 16.6. The second kappa shape index (κ2) is 7.31. The molecule has 2 aliphatic heterocycles. The lowest BCUT2D eigenvalue weighted by molar-refractivity contribution is -0.147. The van der Waals surface area contributed by atoms with Crippen LogP contribution in [0.1, 0.15) is 29.3 Å².